The van der Waals surface area contributed by atoms with Gasteiger partial charge in [0.2, 0.25) is 5.91 Å². The molecule has 3 rings (SSSR count). The molecular weight excluding hydrogens is 290 g/mol. The molecule has 1 aliphatic rings. The fourth-order valence-corrected chi connectivity index (χ4v) is 2.78. The lowest BCUT2D eigenvalue weighted by Crippen LogP contribution is -2.49. The number of anilines is 1. The van der Waals surface area contributed by atoms with Crippen LogP contribution in [0.4, 0.5) is 5.82 Å². The average molecular weight is 313 g/mol. The van der Waals surface area contributed by atoms with Gasteiger partial charge in [-0.1, -0.05) is 13.8 Å². The SMILES string of the molecule is CC(C)CC(=O)N1CCN(c2ccc(-n3cccc3)nn2)CC1. The highest BCUT2D eigenvalue weighted by atomic mass is 16.2. The molecule has 3 heterocycles. The number of amides is 1. The van der Waals surface area contributed by atoms with Gasteiger partial charge in [-0.25, -0.2) is 0 Å². The third-order valence-corrected chi connectivity index (χ3v) is 4.04. The minimum atomic E-state index is 0.258. The van der Waals surface area contributed by atoms with E-state index >= 15 is 0 Å². The van der Waals surface area contributed by atoms with Crippen LogP contribution in [0.1, 0.15) is 20.3 Å². The number of carbonyl (C=O) groups is 1. The zero-order valence-corrected chi connectivity index (χ0v) is 13.7. The van der Waals surface area contributed by atoms with Crippen LogP contribution in [0.2, 0.25) is 0 Å². The van der Waals surface area contributed by atoms with Crippen LogP contribution in [-0.2, 0) is 4.79 Å². The Labute approximate surface area is 136 Å². The van der Waals surface area contributed by atoms with Crippen LogP contribution in [-0.4, -0.2) is 51.8 Å². The molecule has 1 saturated heterocycles. The molecule has 2 aromatic heterocycles. The Hall–Kier alpha value is -2.37. The first-order valence-electron chi connectivity index (χ1n) is 8.13. The quantitative estimate of drug-likeness (QED) is 0.866. The Balaban J connectivity index is 1.58. The average Bonchev–Trinajstić information content (AvgIpc) is 3.09. The standard InChI is InChI=1S/C17H23N5O/c1-14(2)13-17(23)22-11-9-21(10-12-22)16-6-5-15(18-19-16)20-7-3-4-8-20/h3-8,14H,9-13H2,1-2H3. The third kappa shape index (κ3) is 3.70. The number of rotatable bonds is 4. The van der Waals surface area contributed by atoms with Gasteiger partial charge in [0.25, 0.3) is 0 Å². The lowest BCUT2D eigenvalue weighted by atomic mass is 10.1. The van der Waals surface area contributed by atoms with E-state index in [9.17, 15) is 4.79 Å². The van der Waals surface area contributed by atoms with Gasteiger partial charge < -0.3 is 14.4 Å². The van der Waals surface area contributed by atoms with Gasteiger partial charge in [-0.3, -0.25) is 4.79 Å². The van der Waals surface area contributed by atoms with Gasteiger partial charge in [-0.2, -0.15) is 0 Å². The van der Waals surface area contributed by atoms with Crippen molar-refractivity contribution in [1.82, 2.24) is 19.7 Å². The van der Waals surface area contributed by atoms with E-state index < -0.39 is 0 Å². The van der Waals surface area contributed by atoms with Crippen LogP contribution in [0.3, 0.4) is 0 Å². The van der Waals surface area contributed by atoms with E-state index in [4.69, 9.17) is 0 Å². The number of piperazine rings is 1. The first-order valence-corrected chi connectivity index (χ1v) is 8.13. The van der Waals surface area contributed by atoms with E-state index in [1.165, 1.54) is 0 Å². The van der Waals surface area contributed by atoms with E-state index in [1.54, 1.807) is 0 Å². The van der Waals surface area contributed by atoms with E-state index in [-0.39, 0.29) is 5.91 Å². The summed E-state index contributed by atoms with van der Waals surface area (Å²) < 4.78 is 1.93. The zero-order chi connectivity index (χ0) is 16.2. The number of hydrogen-bond acceptors (Lipinski definition) is 4. The summed E-state index contributed by atoms with van der Waals surface area (Å²) in [6.45, 7) is 7.29. The Kier molecular flexibility index (Phi) is 4.60. The maximum atomic E-state index is 12.1. The summed E-state index contributed by atoms with van der Waals surface area (Å²) >= 11 is 0. The van der Waals surface area contributed by atoms with Crippen molar-refractivity contribution >= 4 is 11.7 Å². The van der Waals surface area contributed by atoms with Gasteiger partial charge in [-0.15, -0.1) is 10.2 Å². The minimum Gasteiger partial charge on any atom is -0.352 e. The van der Waals surface area contributed by atoms with Crippen LogP contribution in [0.25, 0.3) is 5.82 Å². The largest absolute Gasteiger partial charge is 0.352 e. The molecular formula is C17H23N5O. The summed E-state index contributed by atoms with van der Waals surface area (Å²) in [6.07, 6.45) is 4.52. The third-order valence-electron chi connectivity index (χ3n) is 4.04. The molecule has 23 heavy (non-hydrogen) atoms. The maximum Gasteiger partial charge on any atom is 0.222 e. The van der Waals surface area contributed by atoms with Gasteiger partial charge in [0, 0.05) is 45.0 Å². The van der Waals surface area contributed by atoms with Crippen molar-refractivity contribution in [3.8, 4) is 5.82 Å². The molecule has 0 saturated carbocycles. The van der Waals surface area contributed by atoms with Crippen LogP contribution in [0.5, 0.6) is 0 Å². The molecule has 6 nitrogen and oxygen atoms in total. The predicted octanol–water partition coefficient (Wildman–Crippen LogP) is 1.96. The highest BCUT2D eigenvalue weighted by molar-refractivity contribution is 5.76. The fourth-order valence-electron chi connectivity index (χ4n) is 2.78. The van der Waals surface area contributed by atoms with Crippen molar-refractivity contribution in [2.45, 2.75) is 20.3 Å². The zero-order valence-electron chi connectivity index (χ0n) is 13.7. The Morgan fingerprint density at radius 3 is 2.22 bits per heavy atom. The lowest BCUT2D eigenvalue weighted by molar-refractivity contribution is -0.132. The van der Waals surface area contributed by atoms with Crippen LogP contribution in [0.15, 0.2) is 36.7 Å². The van der Waals surface area contributed by atoms with Gasteiger partial charge in [0.1, 0.15) is 0 Å². The molecule has 1 fully saturated rings. The second kappa shape index (κ2) is 6.81. The molecule has 6 heteroatoms. The van der Waals surface area contributed by atoms with Crippen molar-refractivity contribution in [2.75, 3.05) is 31.1 Å². The molecule has 0 unspecified atom stereocenters. The molecule has 0 spiro atoms. The number of carbonyl (C=O) groups excluding carboxylic acids is 1. The summed E-state index contributed by atoms with van der Waals surface area (Å²) in [5.74, 6) is 2.35. The van der Waals surface area contributed by atoms with Crippen LogP contribution >= 0.6 is 0 Å². The van der Waals surface area contributed by atoms with E-state index in [2.05, 4.69) is 28.9 Å². The minimum absolute atomic E-state index is 0.258. The molecule has 0 N–H and O–H groups in total. The predicted molar refractivity (Wildman–Crippen MR) is 89.6 cm³/mol. The second-order valence-corrected chi connectivity index (χ2v) is 6.31. The molecule has 2 aromatic rings. The number of aromatic nitrogens is 3. The van der Waals surface area contributed by atoms with Crippen molar-refractivity contribution in [3.05, 3.63) is 36.7 Å². The molecule has 0 atom stereocenters. The summed E-state index contributed by atoms with van der Waals surface area (Å²) in [5, 5.41) is 8.61. The van der Waals surface area contributed by atoms with Crippen molar-refractivity contribution < 1.29 is 4.79 Å². The molecule has 1 aliphatic heterocycles. The van der Waals surface area contributed by atoms with E-state index in [0.717, 1.165) is 37.8 Å². The van der Waals surface area contributed by atoms with Crippen molar-refractivity contribution in [1.29, 1.82) is 0 Å². The van der Waals surface area contributed by atoms with Gasteiger partial charge >= 0.3 is 0 Å². The Morgan fingerprint density at radius 1 is 1.04 bits per heavy atom. The van der Waals surface area contributed by atoms with Crippen molar-refractivity contribution in [3.63, 3.8) is 0 Å². The smallest absolute Gasteiger partial charge is 0.222 e. The lowest BCUT2D eigenvalue weighted by Gasteiger charge is -2.35. The van der Waals surface area contributed by atoms with E-state index in [0.29, 0.717) is 12.3 Å². The summed E-state index contributed by atoms with van der Waals surface area (Å²) in [7, 11) is 0. The first kappa shape index (κ1) is 15.5. The molecule has 0 aliphatic carbocycles. The summed E-state index contributed by atoms with van der Waals surface area (Å²) in [4.78, 5) is 16.2. The fraction of sp³-hybridized carbons (Fsp3) is 0.471. The molecule has 0 radical (unpaired) electrons. The highest BCUT2D eigenvalue weighted by Gasteiger charge is 2.22. The van der Waals surface area contributed by atoms with E-state index in [1.807, 2.05) is 46.1 Å². The van der Waals surface area contributed by atoms with Gasteiger partial charge in [0.05, 0.1) is 0 Å². The highest BCUT2D eigenvalue weighted by Crippen LogP contribution is 2.15. The monoisotopic (exact) mass is 313 g/mol. The number of nitrogens with zero attached hydrogens (tertiary/aromatic N) is 5. The molecule has 0 aromatic carbocycles. The van der Waals surface area contributed by atoms with Crippen LogP contribution < -0.4 is 4.90 Å². The van der Waals surface area contributed by atoms with Gasteiger partial charge in [0.15, 0.2) is 11.6 Å². The Bertz CT molecular complexity index is 628. The van der Waals surface area contributed by atoms with Crippen molar-refractivity contribution in [2.24, 2.45) is 5.92 Å². The molecule has 122 valence electrons. The Morgan fingerprint density at radius 2 is 1.65 bits per heavy atom. The second-order valence-electron chi connectivity index (χ2n) is 6.31. The maximum absolute atomic E-state index is 12.1. The topological polar surface area (TPSA) is 54.3 Å². The summed E-state index contributed by atoms with van der Waals surface area (Å²) in [5.41, 5.74) is 0. The van der Waals surface area contributed by atoms with Crippen LogP contribution in [0, 0.1) is 5.92 Å². The number of hydrogen-bond donors (Lipinski definition) is 0. The van der Waals surface area contributed by atoms with Gasteiger partial charge in [-0.05, 0) is 30.2 Å². The first-order chi connectivity index (χ1) is 11.1. The normalized spacial score (nSPS) is 15.3. The molecule has 0 bridgehead atoms. The summed E-state index contributed by atoms with van der Waals surface area (Å²) in [6, 6.07) is 7.89. The molecule has 1 amide bonds.